The molecule has 1 unspecified atom stereocenters. The fourth-order valence-corrected chi connectivity index (χ4v) is 1.14. The van der Waals surface area contributed by atoms with Gasteiger partial charge in [0, 0.05) is 13.5 Å². The highest BCUT2D eigenvalue weighted by Crippen LogP contribution is 2.13. The molecule has 1 rings (SSSR count). The average molecular weight is 198 g/mol. The molecule has 0 radical (unpaired) electrons. The van der Waals surface area contributed by atoms with E-state index in [4.69, 9.17) is 14.3 Å². The van der Waals surface area contributed by atoms with Crippen molar-refractivity contribution in [2.24, 2.45) is 5.92 Å². The molecule has 0 fully saturated rings. The Morgan fingerprint density at radius 2 is 2.21 bits per heavy atom. The predicted octanol–water partition coefficient (Wildman–Crippen LogP) is 1.69. The van der Waals surface area contributed by atoms with Crippen LogP contribution in [-0.2, 0) is 22.6 Å². The minimum Gasteiger partial charge on any atom is -0.481 e. The number of furan rings is 1. The standard InChI is InChI=1S/C10H14O4/c1-7(10(11)12)5-8-3-4-9(14-8)6-13-2/h3-4,7H,5-6H2,1-2H3,(H,11,12). The number of carbonyl (C=O) groups is 1. The van der Waals surface area contributed by atoms with Gasteiger partial charge in [-0.25, -0.2) is 0 Å². The Labute approximate surface area is 82.5 Å². The molecule has 1 aromatic heterocycles. The lowest BCUT2D eigenvalue weighted by Gasteiger charge is -2.02. The van der Waals surface area contributed by atoms with Gasteiger partial charge in [-0.2, -0.15) is 0 Å². The third-order valence-electron chi connectivity index (χ3n) is 1.93. The average Bonchev–Trinajstić information content (AvgIpc) is 2.53. The predicted molar refractivity (Wildman–Crippen MR) is 49.9 cm³/mol. The molecule has 0 bridgehead atoms. The van der Waals surface area contributed by atoms with E-state index in [-0.39, 0.29) is 0 Å². The van der Waals surface area contributed by atoms with Crippen molar-refractivity contribution in [2.45, 2.75) is 20.0 Å². The summed E-state index contributed by atoms with van der Waals surface area (Å²) in [4.78, 5) is 10.6. The van der Waals surface area contributed by atoms with Crippen molar-refractivity contribution in [3.63, 3.8) is 0 Å². The molecule has 0 saturated heterocycles. The lowest BCUT2D eigenvalue weighted by Crippen LogP contribution is -2.11. The molecule has 1 atom stereocenters. The van der Waals surface area contributed by atoms with Crippen LogP contribution in [0.2, 0.25) is 0 Å². The highest BCUT2D eigenvalue weighted by Gasteiger charge is 2.13. The van der Waals surface area contributed by atoms with Crippen LogP contribution in [0.4, 0.5) is 0 Å². The van der Waals surface area contributed by atoms with E-state index in [0.717, 1.165) is 5.76 Å². The van der Waals surface area contributed by atoms with Gasteiger partial charge in [0.15, 0.2) is 0 Å². The van der Waals surface area contributed by atoms with Crippen LogP contribution in [0.5, 0.6) is 0 Å². The van der Waals surface area contributed by atoms with Gasteiger partial charge in [0.05, 0.1) is 5.92 Å². The molecule has 1 aromatic rings. The van der Waals surface area contributed by atoms with E-state index in [1.807, 2.05) is 0 Å². The summed E-state index contributed by atoms with van der Waals surface area (Å²) in [5.74, 6) is 0.179. The minimum absolute atomic E-state index is 0.416. The molecular formula is C10H14O4. The van der Waals surface area contributed by atoms with E-state index in [1.165, 1.54) is 0 Å². The number of hydrogen-bond acceptors (Lipinski definition) is 3. The van der Waals surface area contributed by atoms with E-state index in [9.17, 15) is 4.79 Å². The van der Waals surface area contributed by atoms with Crippen LogP contribution in [0.15, 0.2) is 16.5 Å². The largest absolute Gasteiger partial charge is 0.481 e. The van der Waals surface area contributed by atoms with Crippen LogP contribution >= 0.6 is 0 Å². The number of carboxylic acid groups (broad SMARTS) is 1. The highest BCUT2D eigenvalue weighted by molar-refractivity contribution is 5.69. The Bertz CT molecular complexity index is 303. The first-order valence-corrected chi connectivity index (χ1v) is 4.42. The number of methoxy groups -OCH3 is 1. The minimum atomic E-state index is -0.810. The van der Waals surface area contributed by atoms with Crippen LogP contribution in [0.1, 0.15) is 18.4 Å². The molecule has 14 heavy (non-hydrogen) atoms. The molecule has 0 aliphatic rings. The Kier molecular flexibility index (Phi) is 3.71. The van der Waals surface area contributed by atoms with E-state index >= 15 is 0 Å². The zero-order valence-electron chi connectivity index (χ0n) is 8.32. The number of rotatable bonds is 5. The van der Waals surface area contributed by atoms with Gasteiger partial charge >= 0.3 is 5.97 Å². The van der Waals surface area contributed by atoms with Crippen molar-refractivity contribution in [1.82, 2.24) is 0 Å². The zero-order valence-corrected chi connectivity index (χ0v) is 8.32. The summed E-state index contributed by atoms with van der Waals surface area (Å²) in [5, 5.41) is 8.69. The van der Waals surface area contributed by atoms with Gasteiger partial charge in [0.2, 0.25) is 0 Å². The van der Waals surface area contributed by atoms with E-state index in [1.54, 1.807) is 26.2 Å². The molecule has 0 spiro atoms. The summed E-state index contributed by atoms with van der Waals surface area (Å²) in [5.41, 5.74) is 0. The quantitative estimate of drug-likeness (QED) is 0.782. The molecule has 0 aromatic carbocycles. The van der Waals surface area contributed by atoms with E-state index < -0.39 is 11.9 Å². The number of aliphatic carboxylic acids is 1. The van der Waals surface area contributed by atoms with Gasteiger partial charge in [-0.15, -0.1) is 0 Å². The Hall–Kier alpha value is -1.29. The molecule has 1 N–H and O–H groups in total. The Morgan fingerprint density at radius 3 is 2.79 bits per heavy atom. The normalized spacial score (nSPS) is 12.7. The maximum absolute atomic E-state index is 10.6. The smallest absolute Gasteiger partial charge is 0.306 e. The Balaban J connectivity index is 2.55. The van der Waals surface area contributed by atoms with Crippen LogP contribution < -0.4 is 0 Å². The lowest BCUT2D eigenvalue weighted by molar-refractivity contribution is -0.141. The van der Waals surface area contributed by atoms with Crippen molar-refractivity contribution in [3.05, 3.63) is 23.7 Å². The van der Waals surface area contributed by atoms with Gasteiger partial charge in [-0.1, -0.05) is 6.92 Å². The summed E-state index contributed by atoms with van der Waals surface area (Å²) >= 11 is 0. The van der Waals surface area contributed by atoms with E-state index in [2.05, 4.69) is 0 Å². The van der Waals surface area contributed by atoms with Crippen molar-refractivity contribution >= 4 is 5.97 Å². The summed E-state index contributed by atoms with van der Waals surface area (Å²) in [6, 6.07) is 3.58. The second kappa shape index (κ2) is 4.81. The molecule has 1 heterocycles. The molecule has 0 amide bonds. The maximum atomic E-state index is 10.6. The zero-order chi connectivity index (χ0) is 10.6. The SMILES string of the molecule is COCc1ccc(CC(C)C(=O)O)o1. The number of hydrogen-bond donors (Lipinski definition) is 1. The fourth-order valence-electron chi connectivity index (χ4n) is 1.14. The first-order valence-electron chi connectivity index (χ1n) is 4.42. The fraction of sp³-hybridized carbons (Fsp3) is 0.500. The van der Waals surface area contributed by atoms with Crippen LogP contribution in [0.3, 0.4) is 0 Å². The summed E-state index contributed by atoms with van der Waals surface area (Å²) < 4.78 is 10.2. The summed E-state index contributed by atoms with van der Waals surface area (Å²) in [6.07, 6.45) is 0.416. The molecule has 0 aliphatic carbocycles. The number of ether oxygens (including phenoxy) is 1. The van der Waals surface area contributed by atoms with E-state index in [0.29, 0.717) is 18.8 Å². The first-order chi connectivity index (χ1) is 6.63. The third-order valence-corrected chi connectivity index (χ3v) is 1.93. The molecule has 4 heteroatoms. The van der Waals surface area contributed by atoms with Gasteiger partial charge in [-0.05, 0) is 12.1 Å². The molecule has 0 aliphatic heterocycles. The van der Waals surface area contributed by atoms with Crippen LogP contribution in [0, 0.1) is 5.92 Å². The van der Waals surface area contributed by atoms with Gasteiger partial charge in [0.1, 0.15) is 18.1 Å². The highest BCUT2D eigenvalue weighted by atomic mass is 16.5. The van der Waals surface area contributed by atoms with Crippen molar-refractivity contribution in [3.8, 4) is 0 Å². The lowest BCUT2D eigenvalue weighted by atomic mass is 10.1. The summed E-state index contributed by atoms with van der Waals surface area (Å²) in [6.45, 7) is 2.07. The molecular weight excluding hydrogens is 184 g/mol. The van der Waals surface area contributed by atoms with Crippen molar-refractivity contribution in [2.75, 3.05) is 7.11 Å². The van der Waals surface area contributed by atoms with Crippen LogP contribution in [-0.4, -0.2) is 18.2 Å². The third kappa shape index (κ3) is 2.88. The first kappa shape index (κ1) is 10.8. The Morgan fingerprint density at radius 1 is 1.57 bits per heavy atom. The number of carboxylic acids is 1. The van der Waals surface area contributed by atoms with Crippen molar-refractivity contribution in [1.29, 1.82) is 0 Å². The van der Waals surface area contributed by atoms with Crippen LogP contribution in [0.25, 0.3) is 0 Å². The van der Waals surface area contributed by atoms with Gasteiger partial charge in [-0.3, -0.25) is 4.79 Å². The maximum Gasteiger partial charge on any atom is 0.306 e. The molecule has 4 nitrogen and oxygen atoms in total. The molecule has 78 valence electrons. The van der Waals surface area contributed by atoms with Gasteiger partial charge < -0.3 is 14.3 Å². The molecule has 0 saturated carbocycles. The van der Waals surface area contributed by atoms with Gasteiger partial charge in [0.25, 0.3) is 0 Å². The second-order valence-electron chi connectivity index (χ2n) is 3.24. The topological polar surface area (TPSA) is 59.7 Å². The summed E-state index contributed by atoms with van der Waals surface area (Å²) in [7, 11) is 1.59. The van der Waals surface area contributed by atoms with Crippen molar-refractivity contribution < 1.29 is 19.1 Å². The monoisotopic (exact) mass is 198 g/mol. The second-order valence-corrected chi connectivity index (χ2v) is 3.24.